The summed E-state index contributed by atoms with van der Waals surface area (Å²) in [7, 11) is 1.71. The average molecular weight is 223 g/mol. The van der Waals surface area contributed by atoms with Crippen LogP contribution in [0, 0.1) is 0 Å². The summed E-state index contributed by atoms with van der Waals surface area (Å²) < 4.78 is 2.86. The summed E-state index contributed by atoms with van der Waals surface area (Å²) in [5.74, 6) is 0.693. The number of hydrogen-bond donors (Lipinski definition) is 1. The highest BCUT2D eigenvalue weighted by Gasteiger charge is 2.20. The summed E-state index contributed by atoms with van der Waals surface area (Å²) in [6.07, 6.45) is 1.69. The van der Waals surface area contributed by atoms with Gasteiger partial charge in [-0.1, -0.05) is 0 Å². The van der Waals surface area contributed by atoms with E-state index in [1.807, 2.05) is 13.8 Å². The minimum atomic E-state index is -0.242. The minimum absolute atomic E-state index is 0.0987. The highest BCUT2D eigenvalue weighted by Crippen LogP contribution is 2.16. The summed E-state index contributed by atoms with van der Waals surface area (Å²) in [6, 6.07) is -0.0987. The molecule has 0 radical (unpaired) electrons. The third kappa shape index (κ3) is 1.47. The lowest BCUT2D eigenvalue weighted by Gasteiger charge is -2.22. The van der Waals surface area contributed by atoms with E-state index in [-0.39, 0.29) is 17.3 Å². The predicted molar refractivity (Wildman–Crippen MR) is 63.1 cm³/mol. The SMILES string of the molecule is CC(C)n1c(=O)c2c(n(C)c1=O)NCCC2. The van der Waals surface area contributed by atoms with E-state index in [2.05, 4.69) is 5.32 Å². The van der Waals surface area contributed by atoms with Crippen LogP contribution in [-0.4, -0.2) is 15.7 Å². The first-order valence-electron chi connectivity index (χ1n) is 5.62. The predicted octanol–water partition coefficient (Wildman–Crippen LogP) is 0.486. The van der Waals surface area contributed by atoms with Crippen molar-refractivity contribution in [2.75, 3.05) is 11.9 Å². The Kier molecular flexibility index (Phi) is 2.61. The maximum absolute atomic E-state index is 12.1. The summed E-state index contributed by atoms with van der Waals surface area (Å²) in [5, 5.41) is 3.13. The molecule has 1 aromatic heterocycles. The average Bonchev–Trinajstić information content (AvgIpc) is 2.26. The fraction of sp³-hybridized carbons (Fsp3) is 0.636. The first kappa shape index (κ1) is 11.0. The number of rotatable bonds is 1. The minimum Gasteiger partial charge on any atom is -0.371 e. The Labute approximate surface area is 93.7 Å². The molecule has 0 saturated heterocycles. The van der Waals surface area contributed by atoms with Gasteiger partial charge in [-0.15, -0.1) is 0 Å². The molecule has 0 amide bonds. The molecule has 0 bridgehead atoms. The van der Waals surface area contributed by atoms with Crippen molar-refractivity contribution >= 4 is 5.82 Å². The van der Waals surface area contributed by atoms with Gasteiger partial charge >= 0.3 is 5.69 Å². The molecular formula is C11H17N3O2. The molecule has 0 fully saturated rings. The van der Waals surface area contributed by atoms with Gasteiger partial charge in [0.1, 0.15) is 5.82 Å². The number of hydrogen-bond acceptors (Lipinski definition) is 3. The Bertz CT molecular complexity index is 525. The molecule has 0 aliphatic carbocycles. The van der Waals surface area contributed by atoms with Crippen molar-refractivity contribution in [3.63, 3.8) is 0 Å². The van der Waals surface area contributed by atoms with Crippen LogP contribution in [0.4, 0.5) is 5.82 Å². The monoisotopic (exact) mass is 223 g/mol. The van der Waals surface area contributed by atoms with Crippen LogP contribution in [0.15, 0.2) is 9.59 Å². The van der Waals surface area contributed by atoms with Crippen molar-refractivity contribution in [2.45, 2.75) is 32.7 Å². The normalized spacial score (nSPS) is 14.8. The second kappa shape index (κ2) is 3.81. The molecule has 2 heterocycles. The fourth-order valence-electron chi connectivity index (χ4n) is 2.17. The van der Waals surface area contributed by atoms with Gasteiger partial charge < -0.3 is 5.32 Å². The number of nitrogens with one attached hydrogen (secondary N) is 1. The molecule has 1 aromatic rings. The molecular weight excluding hydrogens is 206 g/mol. The third-order valence-electron chi connectivity index (χ3n) is 3.00. The molecule has 0 aromatic carbocycles. The Morgan fingerprint density at radius 3 is 2.62 bits per heavy atom. The smallest absolute Gasteiger partial charge is 0.332 e. The van der Waals surface area contributed by atoms with Crippen LogP contribution in [-0.2, 0) is 13.5 Å². The van der Waals surface area contributed by atoms with Crippen molar-refractivity contribution in [1.82, 2.24) is 9.13 Å². The van der Waals surface area contributed by atoms with Crippen LogP contribution in [0.25, 0.3) is 0 Å². The van der Waals surface area contributed by atoms with Crippen LogP contribution in [0.2, 0.25) is 0 Å². The molecule has 2 rings (SSSR count). The van der Waals surface area contributed by atoms with E-state index in [0.717, 1.165) is 24.9 Å². The third-order valence-corrected chi connectivity index (χ3v) is 3.00. The second-order valence-corrected chi connectivity index (χ2v) is 4.47. The Morgan fingerprint density at radius 1 is 1.31 bits per heavy atom. The van der Waals surface area contributed by atoms with Crippen LogP contribution < -0.4 is 16.6 Å². The lowest BCUT2D eigenvalue weighted by atomic mass is 10.1. The Balaban J connectivity index is 2.81. The Morgan fingerprint density at radius 2 is 2.00 bits per heavy atom. The molecule has 0 unspecified atom stereocenters. The van der Waals surface area contributed by atoms with Gasteiger partial charge in [0.2, 0.25) is 0 Å². The standard InChI is InChI=1S/C11H17N3O2/c1-7(2)14-10(15)8-5-4-6-12-9(8)13(3)11(14)16/h7,12H,4-6H2,1-3H3. The van der Waals surface area contributed by atoms with Crippen LogP contribution in [0.3, 0.4) is 0 Å². The van der Waals surface area contributed by atoms with Gasteiger partial charge in [-0.2, -0.15) is 0 Å². The van der Waals surface area contributed by atoms with E-state index in [0.29, 0.717) is 5.82 Å². The molecule has 1 N–H and O–H groups in total. The Hall–Kier alpha value is -1.52. The van der Waals surface area contributed by atoms with Gasteiger partial charge in [0.15, 0.2) is 0 Å². The molecule has 1 aliphatic rings. The molecule has 1 aliphatic heterocycles. The maximum atomic E-state index is 12.1. The zero-order valence-corrected chi connectivity index (χ0v) is 9.91. The van der Waals surface area contributed by atoms with Crippen molar-refractivity contribution in [2.24, 2.45) is 7.05 Å². The van der Waals surface area contributed by atoms with Gasteiger partial charge in [-0.25, -0.2) is 4.79 Å². The molecule has 0 spiro atoms. The highest BCUT2D eigenvalue weighted by molar-refractivity contribution is 5.45. The number of aromatic nitrogens is 2. The zero-order chi connectivity index (χ0) is 11.9. The molecule has 0 saturated carbocycles. The van der Waals surface area contributed by atoms with Gasteiger partial charge in [-0.3, -0.25) is 13.9 Å². The molecule has 5 heteroatoms. The summed E-state index contributed by atoms with van der Waals surface area (Å²) in [5.41, 5.74) is 0.357. The second-order valence-electron chi connectivity index (χ2n) is 4.47. The summed E-state index contributed by atoms with van der Waals surface area (Å²) in [6.45, 7) is 4.53. The van der Waals surface area contributed by atoms with Crippen LogP contribution in [0.1, 0.15) is 31.9 Å². The van der Waals surface area contributed by atoms with E-state index in [9.17, 15) is 9.59 Å². The van der Waals surface area contributed by atoms with Crippen molar-refractivity contribution < 1.29 is 0 Å². The first-order chi connectivity index (χ1) is 7.54. The van der Waals surface area contributed by atoms with Gasteiger partial charge in [0.05, 0.1) is 5.56 Å². The largest absolute Gasteiger partial charge is 0.371 e. The lowest BCUT2D eigenvalue weighted by Crippen LogP contribution is -2.44. The van der Waals surface area contributed by atoms with Gasteiger partial charge in [0, 0.05) is 19.6 Å². The molecule has 88 valence electrons. The quantitative estimate of drug-likeness (QED) is 0.753. The first-order valence-corrected chi connectivity index (χ1v) is 5.62. The van der Waals surface area contributed by atoms with E-state index in [1.165, 1.54) is 9.13 Å². The number of anilines is 1. The van der Waals surface area contributed by atoms with Crippen LogP contribution in [0.5, 0.6) is 0 Å². The van der Waals surface area contributed by atoms with Crippen LogP contribution >= 0.6 is 0 Å². The topological polar surface area (TPSA) is 56.0 Å². The van der Waals surface area contributed by atoms with E-state index in [4.69, 9.17) is 0 Å². The van der Waals surface area contributed by atoms with Crippen molar-refractivity contribution in [3.05, 3.63) is 26.4 Å². The summed E-state index contributed by atoms with van der Waals surface area (Å²) in [4.78, 5) is 24.1. The van der Waals surface area contributed by atoms with E-state index >= 15 is 0 Å². The highest BCUT2D eigenvalue weighted by atomic mass is 16.2. The molecule has 16 heavy (non-hydrogen) atoms. The fourth-order valence-corrected chi connectivity index (χ4v) is 2.17. The molecule has 0 atom stereocenters. The zero-order valence-electron chi connectivity index (χ0n) is 9.91. The van der Waals surface area contributed by atoms with E-state index in [1.54, 1.807) is 7.05 Å². The van der Waals surface area contributed by atoms with Gasteiger partial charge in [-0.05, 0) is 26.7 Å². The van der Waals surface area contributed by atoms with Crippen molar-refractivity contribution in [3.8, 4) is 0 Å². The van der Waals surface area contributed by atoms with Crippen molar-refractivity contribution in [1.29, 1.82) is 0 Å². The number of nitrogens with zero attached hydrogens (tertiary/aromatic N) is 2. The lowest BCUT2D eigenvalue weighted by molar-refractivity contribution is 0.513. The van der Waals surface area contributed by atoms with E-state index < -0.39 is 0 Å². The van der Waals surface area contributed by atoms with Gasteiger partial charge in [0.25, 0.3) is 5.56 Å². The summed E-state index contributed by atoms with van der Waals surface area (Å²) >= 11 is 0. The maximum Gasteiger partial charge on any atom is 0.332 e. The molecule has 5 nitrogen and oxygen atoms in total. The number of fused-ring (bicyclic) bond motifs is 1.